The van der Waals surface area contributed by atoms with Crippen LogP contribution in [0.2, 0.25) is 5.02 Å². The minimum absolute atomic E-state index is 0.0879. The number of piperazine rings is 1. The molecule has 0 atom stereocenters. The van der Waals surface area contributed by atoms with Gasteiger partial charge in [-0.1, -0.05) is 11.6 Å². The highest BCUT2D eigenvalue weighted by molar-refractivity contribution is 6.31. The Morgan fingerprint density at radius 2 is 2.06 bits per heavy atom. The van der Waals surface area contributed by atoms with Gasteiger partial charge in [-0.25, -0.2) is 0 Å². The molecule has 0 unspecified atom stereocenters. The maximum Gasteiger partial charge on any atom is 0.251 e. The number of anilines is 2. The summed E-state index contributed by atoms with van der Waals surface area (Å²) >= 11 is 5.84. The number of carbonyl (C=O) groups is 2. The fraction of sp³-hybridized carbons (Fsp3) is 0.333. The van der Waals surface area contributed by atoms with Gasteiger partial charge in [0.2, 0.25) is 5.91 Å². The molecule has 1 fully saturated rings. The van der Waals surface area contributed by atoms with Crippen molar-refractivity contribution in [3.05, 3.63) is 23.2 Å². The molecule has 1 aliphatic rings. The molecule has 0 aliphatic carbocycles. The summed E-state index contributed by atoms with van der Waals surface area (Å²) in [7, 11) is 0. The van der Waals surface area contributed by atoms with Gasteiger partial charge in [0.05, 0.1) is 17.9 Å². The minimum Gasteiger partial charge on any atom is -0.397 e. The summed E-state index contributed by atoms with van der Waals surface area (Å²) in [5.74, 6) is -0.679. The molecule has 0 spiro atoms. The van der Waals surface area contributed by atoms with E-state index in [0.717, 1.165) is 0 Å². The first-order valence-electron chi connectivity index (χ1n) is 5.49. The summed E-state index contributed by atoms with van der Waals surface area (Å²) in [6, 6.07) is 5.00. The number of nitrogen functional groups attached to an aromatic ring is 1. The summed E-state index contributed by atoms with van der Waals surface area (Å²) in [6.07, 6.45) is 0. The molecule has 3 N–H and O–H groups in total. The van der Waals surface area contributed by atoms with Crippen molar-refractivity contribution in [2.75, 3.05) is 17.2 Å². The second-order valence-corrected chi connectivity index (χ2v) is 5.16. The minimum atomic E-state index is -0.837. The van der Waals surface area contributed by atoms with Crippen molar-refractivity contribution in [1.29, 1.82) is 0 Å². The van der Waals surface area contributed by atoms with Gasteiger partial charge in [0.15, 0.2) is 0 Å². The van der Waals surface area contributed by atoms with Gasteiger partial charge in [-0.2, -0.15) is 0 Å². The number of amides is 2. The van der Waals surface area contributed by atoms with Crippen LogP contribution in [0, 0.1) is 0 Å². The third kappa shape index (κ3) is 2.01. The van der Waals surface area contributed by atoms with E-state index < -0.39 is 5.54 Å². The molecule has 6 heteroatoms. The molecule has 96 valence electrons. The zero-order valence-corrected chi connectivity index (χ0v) is 10.9. The predicted octanol–water partition coefficient (Wildman–Crippen LogP) is 1.16. The van der Waals surface area contributed by atoms with Gasteiger partial charge in [-0.3, -0.25) is 14.9 Å². The van der Waals surface area contributed by atoms with Gasteiger partial charge in [0.25, 0.3) is 5.91 Å². The molecule has 1 heterocycles. The molecule has 18 heavy (non-hydrogen) atoms. The summed E-state index contributed by atoms with van der Waals surface area (Å²) in [4.78, 5) is 25.0. The predicted molar refractivity (Wildman–Crippen MR) is 70.4 cm³/mol. The van der Waals surface area contributed by atoms with Gasteiger partial charge >= 0.3 is 0 Å². The van der Waals surface area contributed by atoms with Crippen LogP contribution in [0.4, 0.5) is 11.4 Å². The molecule has 1 aromatic rings. The van der Waals surface area contributed by atoms with E-state index >= 15 is 0 Å². The van der Waals surface area contributed by atoms with Crippen LogP contribution in [0.15, 0.2) is 18.2 Å². The summed E-state index contributed by atoms with van der Waals surface area (Å²) in [5, 5.41) is 2.83. The SMILES string of the molecule is CC1(C)C(=O)NC(=O)CN1c1ccc(Cl)cc1N. The van der Waals surface area contributed by atoms with Crippen molar-refractivity contribution in [3.8, 4) is 0 Å². The summed E-state index contributed by atoms with van der Waals surface area (Å²) in [6.45, 7) is 3.57. The van der Waals surface area contributed by atoms with Crippen molar-refractivity contribution < 1.29 is 9.59 Å². The van der Waals surface area contributed by atoms with Crippen molar-refractivity contribution in [2.24, 2.45) is 0 Å². The van der Waals surface area contributed by atoms with Crippen molar-refractivity contribution in [2.45, 2.75) is 19.4 Å². The first-order chi connectivity index (χ1) is 8.32. The van der Waals surface area contributed by atoms with E-state index in [9.17, 15) is 9.59 Å². The first kappa shape index (κ1) is 12.7. The normalized spacial score (nSPS) is 18.7. The monoisotopic (exact) mass is 267 g/mol. The number of nitrogens with two attached hydrogens (primary N) is 1. The quantitative estimate of drug-likeness (QED) is 0.591. The number of benzene rings is 1. The zero-order chi connectivity index (χ0) is 13.5. The van der Waals surface area contributed by atoms with Crippen LogP contribution in [0.3, 0.4) is 0 Å². The summed E-state index contributed by atoms with van der Waals surface area (Å²) in [5.41, 5.74) is 6.13. The Morgan fingerprint density at radius 3 is 2.67 bits per heavy atom. The Bertz CT molecular complexity index is 528. The van der Waals surface area contributed by atoms with Gasteiger partial charge < -0.3 is 10.6 Å². The number of nitrogens with zero attached hydrogens (tertiary/aromatic N) is 1. The number of hydrogen-bond acceptors (Lipinski definition) is 4. The second kappa shape index (κ2) is 4.17. The number of halogens is 1. The lowest BCUT2D eigenvalue weighted by atomic mass is 9.97. The second-order valence-electron chi connectivity index (χ2n) is 4.73. The fourth-order valence-electron chi connectivity index (χ4n) is 1.94. The molecule has 0 bridgehead atoms. The van der Waals surface area contributed by atoms with Crippen molar-refractivity contribution in [3.63, 3.8) is 0 Å². The van der Waals surface area contributed by atoms with Crippen LogP contribution < -0.4 is 16.0 Å². The van der Waals surface area contributed by atoms with E-state index in [0.29, 0.717) is 16.4 Å². The fourth-order valence-corrected chi connectivity index (χ4v) is 2.12. The molecular weight excluding hydrogens is 254 g/mol. The largest absolute Gasteiger partial charge is 0.397 e. The van der Waals surface area contributed by atoms with Gasteiger partial charge in [-0.15, -0.1) is 0 Å². The van der Waals surface area contributed by atoms with Gasteiger partial charge in [0.1, 0.15) is 5.54 Å². The Labute approximate surface area is 110 Å². The molecule has 0 radical (unpaired) electrons. The molecule has 1 saturated heterocycles. The van der Waals surface area contributed by atoms with E-state index in [1.54, 1.807) is 36.9 Å². The lowest BCUT2D eigenvalue weighted by Gasteiger charge is -2.42. The van der Waals surface area contributed by atoms with Crippen LogP contribution in [0.5, 0.6) is 0 Å². The van der Waals surface area contributed by atoms with E-state index in [1.165, 1.54) is 0 Å². The van der Waals surface area contributed by atoms with Crippen LogP contribution in [-0.2, 0) is 9.59 Å². The van der Waals surface area contributed by atoms with E-state index in [2.05, 4.69) is 5.32 Å². The van der Waals surface area contributed by atoms with E-state index in [1.807, 2.05) is 0 Å². The maximum absolute atomic E-state index is 11.8. The van der Waals surface area contributed by atoms with Crippen LogP contribution >= 0.6 is 11.6 Å². The molecular formula is C12H14ClN3O2. The molecule has 0 saturated carbocycles. The van der Waals surface area contributed by atoms with Gasteiger partial charge in [0, 0.05) is 5.02 Å². The Kier molecular flexibility index (Phi) is 2.94. The smallest absolute Gasteiger partial charge is 0.251 e. The Morgan fingerprint density at radius 1 is 1.39 bits per heavy atom. The average Bonchev–Trinajstić information content (AvgIpc) is 2.24. The zero-order valence-electron chi connectivity index (χ0n) is 10.2. The molecule has 1 aromatic carbocycles. The Hall–Kier alpha value is -1.75. The number of hydrogen-bond donors (Lipinski definition) is 2. The average molecular weight is 268 g/mol. The topological polar surface area (TPSA) is 75.4 Å². The number of carbonyl (C=O) groups excluding carboxylic acids is 2. The highest BCUT2D eigenvalue weighted by Crippen LogP contribution is 2.32. The lowest BCUT2D eigenvalue weighted by molar-refractivity contribution is -0.135. The third-order valence-corrected chi connectivity index (χ3v) is 3.30. The van der Waals surface area contributed by atoms with Crippen LogP contribution in [-0.4, -0.2) is 23.9 Å². The molecule has 0 aromatic heterocycles. The van der Waals surface area contributed by atoms with Crippen molar-refractivity contribution in [1.82, 2.24) is 5.32 Å². The Balaban J connectivity index is 2.47. The highest BCUT2D eigenvalue weighted by Gasteiger charge is 2.41. The standard InChI is InChI=1S/C12H14ClN3O2/c1-12(2)11(18)15-10(17)6-16(12)9-4-3-7(13)5-8(9)14/h3-5H,6,14H2,1-2H3,(H,15,17,18). The molecule has 1 aliphatic heterocycles. The van der Waals surface area contributed by atoms with Crippen LogP contribution in [0.25, 0.3) is 0 Å². The number of rotatable bonds is 1. The third-order valence-electron chi connectivity index (χ3n) is 3.07. The molecule has 5 nitrogen and oxygen atoms in total. The van der Waals surface area contributed by atoms with Gasteiger partial charge in [-0.05, 0) is 32.0 Å². The number of nitrogens with one attached hydrogen (secondary N) is 1. The molecule has 2 rings (SSSR count). The number of imide groups is 1. The first-order valence-corrected chi connectivity index (χ1v) is 5.87. The maximum atomic E-state index is 11.8. The van der Waals surface area contributed by atoms with E-state index in [-0.39, 0.29) is 18.4 Å². The van der Waals surface area contributed by atoms with Crippen LogP contribution in [0.1, 0.15) is 13.8 Å². The highest BCUT2D eigenvalue weighted by atomic mass is 35.5. The molecule has 2 amide bonds. The van der Waals surface area contributed by atoms with E-state index in [4.69, 9.17) is 17.3 Å². The summed E-state index contributed by atoms with van der Waals surface area (Å²) < 4.78 is 0. The lowest BCUT2D eigenvalue weighted by Crippen LogP contribution is -2.64. The van der Waals surface area contributed by atoms with Crippen molar-refractivity contribution >= 4 is 34.8 Å².